The highest BCUT2D eigenvalue weighted by molar-refractivity contribution is 6.51. The number of anilines is 1. The van der Waals surface area contributed by atoms with Crippen LogP contribution in [0, 0.1) is 12.7 Å². The number of ketones is 1. The molecule has 1 N–H and O–H groups in total. The molecule has 150 valence electrons. The van der Waals surface area contributed by atoms with E-state index in [0.29, 0.717) is 21.8 Å². The number of aliphatic hydroxyl groups is 1. The van der Waals surface area contributed by atoms with E-state index in [2.05, 4.69) is 0 Å². The maximum atomic E-state index is 13.5. The Kier molecular flexibility index (Phi) is 5.14. The van der Waals surface area contributed by atoms with Crippen molar-refractivity contribution in [1.29, 1.82) is 0 Å². The van der Waals surface area contributed by atoms with Crippen LogP contribution in [0.15, 0.2) is 78.4 Å². The summed E-state index contributed by atoms with van der Waals surface area (Å²) in [6, 6.07) is 18.0. The van der Waals surface area contributed by atoms with Gasteiger partial charge in [0.25, 0.3) is 11.7 Å². The Morgan fingerprint density at radius 2 is 1.53 bits per heavy atom. The zero-order valence-electron chi connectivity index (χ0n) is 16.0. The summed E-state index contributed by atoms with van der Waals surface area (Å²) in [5, 5.41) is 11.4. The Hall–Kier alpha value is -3.44. The molecule has 1 saturated heterocycles. The lowest BCUT2D eigenvalue weighted by Gasteiger charge is -2.25. The van der Waals surface area contributed by atoms with Crippen LogP contribution < -0.4 is 4.90 Å². The average molecular weight is 422 g/mol. The second-order valence-corrected chi connectivity index (χ2v) is 7.50. The van der Waals surface area contributed by atoms with E-state index in [4.69, 9.17) is 11.6 Å². The lowest BCUT2D eigenvalue weighted by atomic mass is 9.95. The summed E-state index contributed by atoms with van der Waals surface area (Å²) in [4.78, 5) is 27.3. The van der Waals surface area contributed by atoms with Crippen molar-refractivity contribution in [2.45, 2.75) is 13.0 Å². The highest BCUT2D eigenvalue weighted by atomic mass is 35.5. The van der Waals surface area contributed by atoms with Crippen molar-refractivity contribution in [1.82, 2.24) is 0 Å². The van der Waals surface area contributed by atoms with Gasteiger partial charge in [0.1, 0.15) is 11.6 Å². The van der Waals surface area contributed by atoms with Gasteiger partial charge in [0.05, 0.1) is 11.6 Å². The quantitative estimate of drug-likeness (QED) is 0.349. The first-order chi connectivity index (χ1) is 14.4. The molecule has 1 atom stereocenters. The molecule has 1 heterocycles. The molecule has 1 fully saturated rings. The van der Waals surface area contributed by atoms with Crippen molar-refractivity contribution in [3.63, 3.8) is 0 Å². The number of amides is 1. The molecule has 0 bridgehead atoms. The minimum Gasteiger partial charge on any atom is -0.507 e. The molecule has 3 aromatic carbocycles. The zero-order chi connectivity index (χ0) is 21.4. The van der Waals surface area contributed by atoms with Gasteiger partial charge in [0, 0.05) is 16.3 Å². The molecule has 30 heavy (non-hydrogen) atoms. The van der Waals surface area contributed by atoms with Gasteiger partial charge in [-0.05, 0) is 61.0 Å². The lowest BCUT2D eigenvalue weighted by molar-refractivity contribution is -0.132. The Morgan fingerprint density at radius 3 is 2.13 bits per heavy atom. The van der Waals surface area contributed by atoms with E-state index in [1.165, 1.54) is 29.2 Å². The standard InChI is InChI=1S/C24H17ClFNO3/c1-14-2-12-19(13-3-14)27-21(15-6-10-18(26)11-7-15)20(23(29)24(27)30)22(28)16-4-8-17(25)9-5-16/h2-13,21,28H,1H3/b22-20-. The smallest absolute Gasteiger partial charge is 0.300 e. The van der Waals surface area contributed by atoms with Crippen LogP contribution in [0.25, 0.3) is 5.76 Å². The summed E-state index contributed by atoms with van der Waals surface area (Å²) < 4.78 is 13.5. The Morgan fingerprint density at radius 1 is 0.933 bits per heavy atom. The third kappa shape index (κ3) is 3.48. The fourth-order valence-electron chi connectivity index (χ4n) is 3.53. The molecular weight excluding hydrogens is 405 g/mol. The van der Waals surface area contributed by atoms with Gasteiger partial charge >= 0.3 is 0 Å². The van der Waals surface area contributed by atoms with Crippen LogP contribution in [0.5, 0.6) is 0 Å². The molecule has 4 rings (SSSR count). The number of nitrogens with zero attached hydrogens (tertiary/aromatic N) is 1. The number of carbonyl (C=O) groups is 2. The zero-order valence-corrected chi connectivity index (χ0v) is 16.7. The summed E-state index contributed by atoms with van der Waals surface area (Å²) >= 11 is 5.92. The number of aliphatic hydroxyl groups excluding tert-OH is 1. The van der Waals surface area contributed by atoms with Crippen molar-refractivity contribution in [3.05, 3.63) is 106 Å². The van der Waals surface area contributed by atoms with E-state index in [9.17, 15) is 19.1 Å². The molecule has 0 aliphatic carbocycles. The molecule has 3 aromatic rings. The number of aryl methyl sites for hydroxylation is 1. The van der Waals surface area contributed by atoms with E-state index in [1.54, 1.807) is 36.4 Å². The third-order valence-electron chi connectivity index (χ3n) is 5.06. The van der Waals surface area contributed by atoms with Gasteiger partial charge in [-0.2, -0.15) is 0 Å². The molecule has 0 aromatic heterocycles. The first-order valence-corrected chi connectivity index (χ1v) is 9.63. The summed E-state index contributed by atoms with van der Waals surface area (Å²) in [5.41, 5.74) is 2.30. The van der Waals surface area contributed by atoms with Crippen molar-refractivity contribution in [2.75, 3.05) is 4.90 Å². The van der Waals surface area contributed by atoms with Gasteiger partial charge in [-0.25, -0.2) is 4.39 Å². The maximum absolute atomic E-state index is 13.5. The number of halogens is 2. The first kappa shape index (κ1) is 19.9. The lowest BCUT2D eigenvalue weighted by Crippen LogP contribution is -2.29. The predicted molar refractivity (Wildman–Crippen MR) is 114 cm³/mol. The molecule has 0 spiro atoms. The predicted octanol–water partition coefficient (Wildman–Crippen LogP) is 5.41. The number of hydrogen-bond acceptors (Lipinski definition) is 3. The second-order valence-electron chi connectivity index (χ2n) is 7.06. The average Bonchev–Trinajstić information content (AvgIpc) is 3.00. The van der Waals surface area contributed by atoms with E-state index in [-0.39, 0.29) is 11.3 Å². The highest BCUT2D eigenvalue weighted by Gasteiger charge is 2.46. The summed E-state index contributed by atoms with van der Waals surface area (Å²) in [6.45, 7) is 1.91. The largest absolute Gasteiger partial charge is 0.507 e. The van der Waals surface area contributed by atoms with Gasteiger partial charge in [0.2, 0.25) is 0 Å². The van der Waals surface area contributed by atoms with E-state index in [0.717, 1.165) is 5.56 Å². The molecule has 0 radical (unpaired) electrons. The third-order valence-corrected chi connectivity index (χ3v) is 5.31. The molecular formula is C24H17ClFNO3. The van der Waals surface area contributed by atoms with E-state index < -0.39 is 23.5 Å². The van der Waals surface area contributed by atoms with Crippen LogP contribution >= 0.6 is 11.6 Å². The van der Waals surface area contributed by atoms with Gasteiger partial charge in [-0.1, -0.05) is 41.4 Å². The molecule has 6 heteroatoms. The second kappa shape index (κ2) is 7.76. The molecule has 1 unspecified atom stereocenters. The Balaban J connectivity index is 1.93. The fraction of sp³-hybridized carbons (Fsp3) is 0.0833. The number of carbonyl (C=O) groups excluding carboxylic acids is 2. The number of hydrogen-bond donors (Lipinski definition) is 1. The highest BCUT2D eigenvalue weighted by Crippen LogP contribution is 2.42. The topological polar surface area (TPSA) is 57.6 Å². The SMILES string of the molecule is Cc1ccc(N2C(=O)C(=O)/C(=C(\O)c3ccc(Cl)cc3)C2c2ccc(F)cc2)cc1. The molecule has 1 aliphatic rings. The molecule has 4 nitrogen and oxygen atoms in total. The number of benzene rings is 3. The van der Waals surface area contributed by atoms with Crippen molar-refractivity contribution in [2.24, 2.45) is 0 Å². The summed E-state index contributed by atoms with van der Waals surface area (Å²) in [7, 11) is 0. The fourth-order valence-corrected chi connectivity index (χ4v) is 3.65. The summed E-state index contributed by atoms with van der Waals surface area (Å²) in [6.07, 6.45) is 0. The van der Waals surface area contributed by atoms with Crippen LogP contribution in [0.2, 0.25) is 5.02 Å². The minimum atomic E-state index is -0.899. The van der Waals surface area contributed by atoms with Crippen LogP contribution in [0.1, 0.15) is 22.7 Å². The monoisotopic (exact) mass is 421 g/mol. The van der Waals surface area contributed by atoms with Crippen molar-refractivity contribution < 1.29 is 19.1 Å². The first-order valence-electron chi connectivity index (χ1n) is 9.26. The minimum absolute atomic E-state index is 0.0606. The normalized spacial score (nSPS) is 18.1. The number of Topliss-reactive ketones (excluding diaryl/α,β-unsaturated/α-hetero) is 1. The van der Waals surface area contributed by atoms with Gasteiger partial charge in [0.15, 0.2) is 0 Å². The van der Waals surface area contributed by atoms with Crippen molar-refractivity contribution >= 4 is 34.7 Å². The van der Waals surface area contributed by atoms with Crippen LogP contribution in [-0.2, 0) is 9.59 Å². The van der Waals surface area contributed by atoms with E-state index >= 15 is 0 Å². The van der Waals surface area contributed by atoms with Gasteiger partial charge in [-0.15, -0.1) is 0 Å². The van der Waals surface area contributed by atoms with Gasteiger partial charge < -0.3 is 5.11 Å². The van der Waals surface area contributed by atoms with Gasteiger partial charge in [-0.3, -0.25) is 14.5 Å². The van der Waals surface area contributed by atoms with Crippen LogP contribution in [0.3, 0.4) is 0 Å². The van der Waals surface area contributed by atoms with Crippen LogP contribution in [0.4, 0.5) is 10.1 Å². The number of rotatable bonds is 3. The van der Waals surface area contributed by atoms with Crippen molar-refractivity contribution in [3.8, 4) is 0 Å². The van der Waals surface area contributed by atoms with E-state index in [1.807, 2.05) is 19.1 Å². The molecule has 1 aliphatic heterocycles. The van der Waals surface area contributed by atoms with Crippen LogP contribution in [-0.4, -0.2) is 16.8 Å². The Labute approximate surface area is 177 Å². The Bertz CT molecular complexity index is 1150. The molecule has 0 saturated carbocycles. The molecule has 1 amide bonds. The summed E-state index contributed by atoms with van der Waals surface area (Å²) in [5.74, 6) is -2.32. The maximum Gasteiger partial charge on any atom is 0.300 e.